The second-order valence-electron chi connectivity index (χ2n) is 9.66. The average molecular weight is 430 g/mol. The van der Waals surface area contributed by atoms with Crippen molar-refractivity contribution < 1.29 is 29.6 Å². The van der Waals surface area contributed by atoms with Gasteiger partial charge in [0.2, 0.25) is 0 Å². The lowest BCUT2D eigenvalue weighted by atomic mass is 9.75. The van der Waals surface area contributed by atoms with E-state index in [9.17, 15) is 20.1 Å². The number of ether oxygens (including phenoxy) is 2. The largest absolute Gasteiger partial charge is 0.459 e. The summed E-state index contributed by atoms with van der Waals surface area (Å²) in [6, 6.07) is 0. The molecule has 1 saturated heterocycles. The molecule has 0 aromatic carbocycles. The molecule has 0 aromatic rings. The maximum Gasteiger partial charge on any atom is 0.311 e. The number of aliphatic imine (C=N–C) groups is 1. The van der Waals surface area contributed by atoms with Crippen molar-refractivity contribution in [3.63, 3.8) is 0 Å². The molecule has 0 aromatic heterocycles. The molecule has 0 bridgehead atoms. The number of cyclic esters (lactones) is 1. The highest BCUT2D eigenvalue weighted by Crippen LogP contribution is 2.35. The summed E-state index contributed by atoms with van der Waals surface area (Å²) in [5.74, 6) is -2.04. The normalized spacial score (nSPS) is 46.3. The van der Waals surface area contributed by atoms with Crippen molar-refractivity contribution in [2.24, 2.45) is 28.7 Å². The van der Waals surface area contributed by atoms with Crippen molar-refractivity contribution in [2.75, 3.05) is 14.2 Å². The Morgan fingerprint density at radius 3 is 2.17 bits per heavy atom. The van der Waals surface area contributed by atoms with Crippen molar-refractivity contribution in [1.29, 1.82) is 0 Å². The van der Waals surface area contributed by atoms with Crippen LogP contribution >= 0.6 is 0 Å². The Balaban J connectivity index is 3.46. The van der Waals surface area contributed by atoms with Gasteiger partial charge in [-0.15, -0.1) is 0 Å². The molecule has 1 fully saturated rings. The van der Waals surface area contributed by atoms with Gasteiger partial charge in [-0.1, -0.05) is 27.7 Å². The molecule has 1 heterocycles. The Morgan fingerprint density at radius 1 is 1.13 bits per heavy atom. The van der Waals surface area contributed by atoms with E-state index in [2.05, 4.69) is 4.99 Å². The molecule has 9 atom stereocenters. The molecule has 0 radical (unpaired) electrons. The minimum Gasteiger partial charge on any atom is -0.459 e. The predicted molar refractivity (Wildman–Crippen MR) is 117 cm³/mol. The topological polar surface area (TPSA) is 109 Å². The van der Waals surface area contributed by atoms with E-state index in [0.29, 0.717) is 19.3 Å². The number of esters is 1. The fraction of sp³-hybridized carbons (Fsp3) is 0.913. The van der Waals surface area contributed by atoms with E-state index >= 15 is 0 Å². The van der Waals surface area contributed by atoms with Crippen LogP contribution in [0.5, 0.6) is 0 Å². The molecule has 0 aliphatic carbocycles. The van der Waals surface area contributed by atoms with Crippen LogP contribution < -0.4 is 0 Å². The van der Waals surface area contributed by atoms with E-state index in [4.69, 9.17) is 9.47 Å². The number of hydrogen-bond donors (Lipinski definition) is 3. The molecule has 1 aliphatic heterocycles. The van der Waals surface area contributed by atoms with Crippen LogP contribution in [0.25, 0.3) is 0 Å². The fourth-order valence-corrected chi connectivity index (χ4v) is 5.03. The van der Waals surface area contributed by atoms with E-state index < -0.39 is 47.3 Å². The number of carbonyl (C=O) groups is 1. The Labute approximate surface area is 181 Å². The third kappa shape index (κ3) is 5.81. The molecule has 3 N–H and O–H groups in total. The van der Waals surface area contributed by atoms with Gasteiger partial charge in [-0.2, -0.15) is 0 Å². The van der Waals surface area contributed by atoms with Gasteiger partial charge in [0, 0.05) is 25.8 Å². The van der Waals surface area contributed by atoms with Gasteiger partial charge in [0.1, 0.15) is 11.7 Å². The molecular formula is C23H43NO6. The van der Waals surface area contributed by atoms with Crippen LogP contribution in [-0.2, 0) is 14.3 Å². The van der Waals surface area contributed by atoms with Crippen molar-refractivity contribution in [3.05, 3.63) is 0 Å². The van der Waals surface area contributed by atoms with Crippen LogP contribution in [-0.4, -0.2) is 70.7 Å². The smallest absolute Gasteiger partial charge is 0.311 e. The highest BCUT2D eigenvalue weighted by Gasteiger charge is 2.46. The minimum atomic E-state index is -1.68. The molecule has 7 nitrogen and oxygen atoms in total. The maximum atomic E-state index is 12.8. The third-order valence-electron chi connectivity index (χ3n) is 7.03. The summed E-state index contributed by atoms with van der Waals surface area (Å²) >= 11 is 0. The van der Waals surface area contributed by atoms with Gasteiger partial charge in [0.25, 0.3) is 0 Å². The molecule has 1 rings (SSSR count). The summed E-state index contributed by atoms with van der Waals surface area (Å²) in [7, 11) is 3.33. The molecule has 176 valence electrons. The lowest BCUT2D eigenvalue weighted by Crippen LogP contribution is -2.56. The summed E-state index contributed by atoms with van der Waals surface area (Å²) in [4.78, 5) is 17.2. The average Bonchev–Trinajstić information content (AvgIpc) is 2.69. The highest BCUT2D eigenvalue weighted by atomic mass is 16.6. The Hall–Kier alpha value is -1.02. The number of methoxy groups -OCH3 is 1. The molecule has 2 unspecified atom stereocenters. The summed E-state index contributed by atoms with van der Waals surface area (Å²) < 4.78 is 11.4. The van der Waals surface area contributed by atoms with E-state index in [1.807, 2.05) is 27.7 Å². The number of aliphatic hydroxyl groups is 3. The van der Waals surface area contributed by atoms with E-state index in [1.54, 1.807) is 28.0 Å². The number of carbonyl (C=O) groups excluding carboxylic acids is 1. The van der Waals surface area contributed by atoms with Crippen molar-refractivity contribution in [2.45, 2.75) is 97.2 Å². The molecule has 7 heteroatoms. The predicted octanol–water partition coefficient (Wildman–Crippen LogP) is 2.60. The van der Waals surface area contributed by atoms with Gasteiger partial charge < -0.3 is 24.8 Å². The molecule has 1 aliphatic rings. The van der Waals surface area contributed by atoms with Crippen LogP contribution in [0.2, 0.25) is 0 Å². The number of aliphatic hydroxyl groups excluding tert-OH is 2. The first-order chi connectivity index (χ1) is 13.8. The number of nitrogens with zero attached hydrogens (tertiary/aromatic N) is 1. The second kappa shape index (κ2) is 10.5. The van der Waals surface area contributed by atoms with Crippen molar-refractivity contribution >= 4 is 11.7 Å². The van der Waals surface area contributed by atoms with Crippen LogP contribution in [0.15, 0.2) is 4.99 Å². The highest BCUT2D eigenvalue weighted by molar-refractivity contribution is 5.89. The Kier molecular flexibility index (Phi) is 9.48. The van der Waals surface area contributed by atoms with Crippen molar-refractivity contribution in [3.8, 4) is 0 Å². The standard InChI is InChI=1S/C23H43NO6/c1-10-17-23(7,28)20(26)15(4)18(24-8)13(2)11-22(6,29-9)12-14(3)19(25)16(5)21(27)30-17/h13-17,19-20,25-26,28H,10-12H2,1-9H3/t13-,14-,15?,16-,17-,19+,20?,22-,23-/m1/s1. The van der Waals surface area contributed by atoms with Gasteiger partial charge in [-0.3, -0.25) is 9.79 Å². The first-order valence-corrected chi connectivity index (χ1v) is 11.1. The monoisotopic (exact) mass is 429 g/mol. The molecule has 30 heavy (non-hydrogen) atoms. The summed E-state index contributed by atoms with van der Waals surface area (Å²) in [6.07, 6.45) is -1.51. The second-order valence-corrected chi connectivity index (χ2v) is 9.66. The van der Waals surface area contributed by atoms with Crippen molar-refractivity contribution in [1.82, 2.24) is 0 Å². The number of rotatable bonds is 2. The van der Waals surface area contributed by atoms with Crippen LogP contribution in [0.4, 0.5) is 0 Å². The van der Waals surface area contributed by atoms with E-state index in [0.717, 1.165) is 5.71 Å². The summed E-state index contributed by atoms with van der Waals surface area (Å²) in [5, 5.41) is 33.1. The van der Waals surface area contributed by atoms with E-state index in [-0.39, 0.29) is 11.8 Å². The van der Waals surface area contributed by atoms with Gasteiger partial charge in [-0.25, -0.2) is 0 Å². The third-order valence-corrected chi connectivity index (χ3v) is 7.03. The van der Waals surface area contributed by atoms with Gasteiger partial charge in [0.15, 0.2) is 0 Å². The van der Waals surface area contributed by atoms with Gasteiger partial charge in [-0.05, 0) is 51.9 Å². The zero-order valence-corrected chi connectivity index (χ0v) is 20.2. The molecular weight excluding hydrogens is 386 g/mol. The maximum absolute atomic E-state index is 12.8. The van der Waals surface area contributed by atoms with Gasteiger partial charge in [0.05, 0.1) is 23.7 Å². The van der Waals surface area contributed by atoms with Crippen LogP contribution in [0, 0.1) is 23.7 Å². The van der Waals surface area contributed by atoms with Crippen LogP contribution in [0.3, 0.4) is 0 Å². The first kappa shape index (κ1) is 27.0. The number of hydrogen-bond acceptors (Lipinski definition) is 7. The van der Waals surface area contributed by atoms with Crippen LogP contribution in [0.1, 0.15) is 67.7 Å². The quantitative estimate of drug-likeness (QED) is 0.582. The SMILES string of the molecule is CC[C@H]1OC(=O)[C@H](C)[C@@H](O)[C@H](C)C[C@](C)(OC)C[C@@H](C)C(=NC)C(C)C(O)[C@]1(C)O. The Bertz CT molecular complexity index is 607. The molecule has 0 saturated carbocycles. The van der Waals surface area contributed by atoms with Gasteiger partial charge >= 0.3 is 5.97 Å². The summed E-state index contributed by atoms with van der Waals surface area (Å²) in [6.45, 7) is 12.7. The fourth-order valence-electron chi connectivity index (χ4n) is 5.03. The lowest BCUT2D eigenvalue weighted by Gasteiger charge is -2.42. The van der Waals surface area contributed by atoms with E-state index in [1.165, 1.54) is 6.92 Å². The first-order valence-electron chi connectivity index (χ1n) is 11.1. The summed E-state index contributed by atoms with van der Waals surface area (Å²) in [5.41, 5.74) is -1.46. The zero-order chi connectivity index (χ0) is 23.4. The molecule has 0 spiro atoms. The lowest BCUT2D eigenvalue weighted by molar-refractivity contribution is -0.189. The minimum absolute atomic E-state index is 0.0206. The zero-order valence-electron chi connectivity index (χ0n) is 20.2. The molecule has 0 amide bonds. The Morgan fingerprint density at radius 2 is 1.70 bits per heavy atom.